The monoisotopic (exact) mass is 393 g/mol. The van der Waals surface area contributed by atoms with Gasteiger partial charge in [-0.1, -0.05) is 12.1 Å². The zero-order valence-corrected chi connectivity index (χ0v) is 17.5. The number of aromatic nitrogens is 2. The first-order valence-corrected chi connectivity index (χ1v) is 9.54. The Morgan fingerprint density at radius 3 is 2.55 bits per heavy atom. The van der Waals surface area contributed by atoms with Crippen LogP contribution in [0.3, 0.4) is 0 Å². The van der Waals surface area contributed by atoms with Gasteiger partial charge in [-0.3, -0.25) is 9.48 Å². The second kappa shape index (κ2) is 8.82. The number of rotatable bonds is 7. The molecule has 1 unspecified atom stereocenters. The van der Waals surface area contributed by atoms with E-state index in [1.54, 1.807) is 14.2 Å². The summed E-state index contributed by atoms with van der Waals surface area (Å²) in [4.78, 5) is 12.9. The average Bonchev–Trinajstić information content (AvgIpc) is 3.04. The zero-order chi connectivity index (χ0) is 21.0. The van der Waals surface area contributed by atoms with E-state index in [-0.39, 0.29) is 11.9 Å². The molecule has 6 heteroatoms. The number of carbonyl (C=O) groups is 1. The lowest BCUT2D eigenvalue weighted by Crippen LogP contribution is -2.27. The molecule has 1 aromatic heterocycles. The van der Waals surface area contributed by atoms with E-state index in [1.807, 2.05) is 74.0 Å². The fraction of sp³-hybridized carbons (Fsp3) is 0.304. The summed E-state index contributed by atoms with van der Waals surface area (Å²) in [5, 5.41) is 7.54. The average molecular weight is 393 g/mol. The van der Waals surface area contributed by atoms with Crippen LogP contribution in [0.5, 0.6) is 11.5 Å². The first-order chi connectivity index (χ1) is 13.9. The summed E-state index contributed by atoms with van der Waals surface area (Å²) >= 11 is 0. The van der Waals surface area contributed by atoms with Crippen LogP contribution in [-0.4, -0.2) is 29.9 Å². The number of ether oxygens (including phenoxy) is 2. The summed E-state index contributed by atoms with van der Waals surface area (Å²) in [5.41, 5.74) is 4.57. The fourth-order valence-corrected chi connectivity index (χ4v) is 3.35. The van der Waals surface area contributed by atoms with Gasteiger partial charge in [0.1, 0.15) is 11.5 Å². The molecule has 6 nitrogen and oxygen atoms in total. The molecule has 1 N–H and O–H groups in total. The Hall–Kier alpha value is -3.28. The van der Waals surface area contributed by atoms with Crippen LogP contribution in [0.4, 0.5) is 0 Å². The van der Waals surface area contributed by atoms with Crippen molar-refractivity contribution in [3.8, 4) is 11.5 Å². The van der Waals surface area contributed by atoms with Gasteiger partial charge >= 0.3 is 0 Å². The number of nitrogens with zero attached hydrogens (tertiary/aromatic N) is 2. The summed E-state index contributed by atoms with van der Waals surface area (Å²) in [6, 6.07) is 15.0. The second-order valence-corrected chi connectivity index (χ2v) is 7.09. The number of hydrogen-bond donors (Lipinski definition) is 1. The number of methoxy groups -OCH3 is 2. The van der Waals surface area contributed by atoms with Crippen molar-refractivity contribution in [2.24, 2.45) is 0 Å². The lowest BCUT2D eigenvalue weighted by atomic mass is 10.1. The highest BCUT2D eigenvalue weighted by Gasteiger charge is 2.16. The molecular formula is C23H27N3O3. The van der Waals surface area contributed by atoms with Crippen molar-refractivity contribution in [3.63, 3.8) is 0 Å². The van der Waals surface area contributed by atoms with Crippen LogP contribution in [0, 0.1) is 13.8 Å². The third-order valence-corrected chi connectivity index (χ3v) is 4.88. The van der Waals surface area contributed by atoms with Gasteiger partial charge in [-0.2, -0.15) is 5.10 Å². The van der Waals surface area contributed by atoms with Gasteiger partial charge in [0.05, 0.1) is 32.5 Å². The first kappa shape index (κ1) is 20.5. The van der Waals surface area contributed by atoms with Gasteiger partial charge in [-0.25, -0.2) is 0 Å². The van der Waals surface area contributed by atoms with Crippen molar-refractivity contribution >= 4 is 5.91 Å². The topological polar surface area (TPSA) is 65.4 Å². The molecule has 1 heterocycles. The minimum Gasteiger partial charge on any atom is -0.497 e. The Morgan fingerprint density at radius 1 is 1.10 bits per heavy atom. The van der Waals surface area contributed by atoms with Crippen molar-refractivity contribution < 1.29 is 14.3 Å². The van der Waals surface area contributed by atoms with Crippen LogP contribution in [0.1, 0.15) is 45.8 Å². The molecule has 0 saturated heterocycles. The predicted molar refractivity (Wildman–Crippen MR) is 113 cm³/mol. The molecule has 3 aromatic rings. The first-order valence-electron chi connectivity index (χ1n) is 9.54. The standard InChI is InChI=1S/C23H27N3O3/c1-15-11-16(2)26(25-15)14-18-7-6-8-19(12-18)23(27)24-17(3)21-13-20(28-4)9-10-22(21)29-5/h6-13,17H,14H2,1-5H3,(H,24,27). The Labute approximate surface area is 171 Å². The summed E-state index contributed by atoms with van der Waals surface area (Å²) in [7, 11) is 3.23. The molecule has 1 atom stereocenters. The van der Waals surface area contributed by atoms with Crippen molar-refractivity contribution in [2.75, 3.05) is 14.2 Å². The Balaban J connectivity index is 1.76. The summed E-state index contributed by atoms with van der Waals surface area (Å²) < 4.78 is 12.7. The largest absolute Gasteiger partial charge is 0.497 e. The van der Waals surface area contributed by atoms with Crippen LogP contribution >= 0.6 is 0 Å². The molecule has 0 bridgehead atoms. The maximum absolute atomic E-state index is 12.9. The van der Waals surface area contributed by atoms with E-state index in [4.69, 9.17) is 9.47 Å². The Morgan fingerprint density at radius 2 is 1.90 bits per heavy atom. The highest BCUT2D eigenvalue weighted by molar-refractivity contribution is 5.94. The van der Waals surface area contributed by atoms with E-state index in [9.17, 15) is 4.79 Å². The molecule has 3 rings (SSSR count). The van der Waals surface area contributed by atoms with E-state index < -0.39 is 0 Å². The molecular weight excluding hydrogens is 366 g/mol. The van der Waals surface area contributed by atoms with Gasteiger partial charge < -0.3 is 14.8 Å². The number of carbonyl (C=O) groups excluding carboxylic acids is 1. The molecule has 0 aliphatic rings. The lowest BCUT2D eigenvalue weighted by molar-refractivity contribution is 0.0939. The van der Waals surface area contributed by atoms with Gasteiger partial charge in [0, 0.05) is 16.8 Å². The molecule has 2 aromatic carbocycles. The lowest BCUT2D eigenvalue weighted by Gasteiger charge is -2.18. The van der Waals surface area contributed by atoms with Gasteiger partial charge in [-0.05, 0) is 62.7 Å². The summed E-state index contributed by atoms with van der Waals surface area (Å²) in [6.07, 6.45) is 0. The van der Waals surface area contributed by atoms with Crippen LogP contribution in [-0.2, 0) is 6.54 Å². The van der Waals surface area contributed by atoms with Gasteiger partial charge in [0.15, 0.2) is 0 Å². The number of aryl methyl sites for hydroxylation is 2. The third-order valence-electron chi connectivity index (χ3n) is 4.88. The highest BCUT2D eigenvalue weighted by atomic mass is 16.5. The van der Waals surface area contributed by atoms with Gasteiger partial charge in [-0.15, -0.1) is 0 Å². The molecule has 0 saturated carbocycles. The fourth-order valence-electron chi connectivity index (χ4n) is 3.35. The van der Waals surface area contributed by atoms with Crippen molar-refractivity contribution in [2.45, 2.75) is 33.4 Å². The molecule has 1 amide bonds. The summed E-state index contributed by atoms with van der Waals surface area (Å²) in [5.74, 6) is 1.28. The van der Waals surface area contributed by atoms with E-state index in [0.29, 0.717) is 23.6 Å². The summed E-state index contributed by atoms with van der Waals surface area (Å²) in [6.45, 7) is 6.55. The van der Waals surface area contributed by atoms with Gasteiger partial charge in [0.25, 0.3) is 5.91 Å². The highest BCUT2D eigenvalue weighted by Crippen LogP contribution is 2.29. The van der Waals surface area contributed by atoms with Gasteiger partial charge in [0.2, 0.25) is 0 Å². The van der Waals surface area contributed by atoms with Crippen LogP contribution < -0.4 is 14.8 Å². The smallest absolute Gasteiger partial charge is 0.251 e. The van der Waals surface area contributed by atoms with E-state index in [2.05, 4.69) is 10.4 Å². The van der Waals surface area contributed by atoms with E-state index in [1.165, 1.54) is 0 Å². The van der Waals surface area contributed by atoms with Crippen molar-refractivity contribution in [3.05, 3.63) is 76.6 Å². The second-order valence-electron chi connectivity index (χ2n) is 7.09. The quantitative estimate of drug-likeness (QED) is 0.658. The molecule has 0 spiro atoms. The van der Waals surface area contributed by atoms with Crippen LogP contribution in [0.15, 0.2) is 48.5 Å². The van der Waals surface area contributed by atoms with Crippen LogP contribution in [0.2, 0.25) is 0 Å². The zero-order valence-electron chi connectivity index (χ0n) is 17.5. The minimum absolute atomic E-state index is 0.141. The van der Waals surface area contributed by atoms with Crippen molar-refractivity contribution in [1.82, 2.24) is 15.1 Å². The Kier molecular flexibility index (Phi) is 6.22. The Bertz CT molecular complexity index is 1010. The number of benzene rings is 2. The molecule has 0 fully saturated rings. The number of hydrogen-bond acceptors (Lipinski definition) is 4. The molecule has 29 heavy (non-hydrogen) atoms. The predicted octanol–water partition coefficient (Wildman–Crippen LogP) is 4.06. The van der Waals surface area contributed by atoms with E-state index >= 15 is 0 Å². The number of nitrogens with one attached hydrogen (secondary N) is 1. The minimum atomic E-state index is -0.243. The SMILES string of the molecule is COc1ccc(OC)c(C(C)NC(=O)c2cccc(Cn3nc(C)cc3C)c2)c1. The van der Waals surface area contributed by atoms with Crippen molar-refractivity contribution in [1.29, 1.82) is 0 Å². The molecule has 152 valence electrons. The van der Waals surface area contributed by atoms with E-state index in [0.717, 1.165) is 22.5 Å². The maximum Gasteiger partial charge on any atom is 0.251 e. The maximum atomic E-state index is 12.9. The third kappa shape index (κ3) is 4.77. The molecule has 0 radical (unpaired) electrons. The van der Waals surface area contributed by atoms with Crippen LogP contribution in [0.25, 0.3) is 0 Å². The molecule has 0 aliphatic heterocycles. The number of amides is 1. The molecule has 0 aliphatic carbocycles. The normalized spacial score (nSPS) is 11.8.